The maximum Gasteiger partial charge on any atom is 0.446 e. The molecule has 0 aliphatic carbocycles. The highest BCUT2D eigenvalue weighted by Gasteiger charge is 2.28. The van der Waals surface area contributed by atoms with Crippen LogP contribution < -0.4 is 0 Å². The van der Waals surface area contributed by atoms with E-state index in [4.69, 9.17) is 11.6 Å². The van der Waals surface area contributed by atoms with Crippen molar-refractivity contribution in [2.45, 2.75) is 30.7 Å². The molecule has 0 N–H and O–H groups in total. The van der Waals surface area contributed by atoms with Gasteiger partial charge < -0.3 is 4.90 Å². The monoisotopic (exact) mass is 400 g/mol. The van der Waals surface area contributed by atoms with Crippen LogP contribution in [-0.2, 0) is 6.42 Å². The van der Waals surface area contributed by atoms with Crippen LogP contribution in [0.3, 0.4) is 0 Å². The standard InChI is InChI=1S/C19H20ClF3N2S/c1-4-25(3)12-24-18-9-13(2)15(11-17(18)20)10-14-5-7-16(8-6-14)26-19(21,22)23/h5-9,11-12H,4,10H2,1-3H3. The number of benzene rings is 2. The van der Waals surface area contributed by atoms with Crippen LogP contribution in [0.4, 0.5) is 18.9 Å². The van der Waals surface area contributed by atoms with Crippen LogP contribution in [0.15, 0.2) is 46.3 Å². The zero-order valence-electron chi connectivity index (χ0n) is 14.8. The van der Waals surface area contributed by atoms with E-state index < -0.39 is 5.51 Å². The Labute approximate surface area is 161 Å². The van der Waals surface area contributed by atoms with Gasteiger partial charge in [0.05, 0.1) is 17.0 Å². The van der Waals surface area contributed by atoms with Crippen molar-refractivity contribution in [1.82, 2.24) is 4.90 Å². The summed E-state index contributed by atoms with van der Waals surface area (Å²) in [5.41, 5.74) is -0.584. The summed E-state index contributed by atoms with van der Waals surface area (Å²) in [6.07, 6.45) is 2.33. The van der Waals surface area contributed by atoms with Crippen LogP contribution >= 0.6 is 23.4 Å². The van der Waals surface area contributed by atoms with Gasteiger partial charge in [0.2, 0.25) is 0 Å². The minimum atomic E-state index is -4.27. The van der Waals surface area contributed by atoms with E-state index in [0.717, 1.165) is 23.2 Å². The van der Waals surface area contributed by atoms with Gasteiger partial charge in [-0.1, -0.05) is 23.7 Å². The molecule has 0 saturated carbocycles. The van der Waals surface area contributed by atoms with Crippen molar-refractivity contribution in [3.05, 3.63) is 58.1 Å². The van der Waals surface area contributed by atoms with Crippen molar-refractivity contribution in [1.29, 1.82) is 0 Å². The molecule has 2 aromatic rings. The summed E-state index contributed by atoms with van der Waals surface area (Å²) in [6.45, 7) is 4.85. The van der Waals surface area contributed by atoms with Crippen LogP contribution in [0.25, 0.3) is 0 Å². The number of hydrogen-bond acceptors (Lipinski definition) is 2. The van der Waals surface area contributed by atoms with Crippen molar-refractivity contribution in [2.24, 2.45) is 4.99 Å². The van der Waals surface area contributed by atoms with Crippen molar-refractivity contribution in [2.75, 3.05) is 13.6 Å². The van der Waals surface area contributed by atoms with Gasteiger partial charge in [-0.3, -0.25) is 0 Å². The quantitative estimate of drug-likeness (QED) is 0.314. The zero-order valence-corrected chi connectivity index (χ0v) is 16.3. The summed E-state index contributed by atoms with van der Waals surface area (Å²) in [5.74, 6) is 0. The molecule has 0 unspecified atom stereocenters. The first-order chi connectivity index (χ1) is 12.2. The first kappa shape index (κ1) is 20.6. The second-order valence-corrected chi connectivity index (χ2v) is 7.46. The van der Waals surface area contributed by atoms with Crippen molar-refractivity contribution in [3.63, 3.8) is 0 Å². The van der Waals surface area contributed by atoms with Gasteiger partial charge in [-0.2, -0.15) is 13.2 Å². The maximum atomic E-state index is 12.4. The fraction of sp³-hybridized carbons (Fsp3) is 0.316. The third-order valence-corrected chi connectivity index (χ3v) is 4.89. The highest BCUT2D eigenvalue weighted by Crippen LogP contribution is 2.37. The Morgan fingerprint density at radius 3 is 2.42 bits per heavy atom. The van der Waals surface area contributed by atoms with E-state index >= 15 is 0 Å². The fourth-order valence-corrected chi connectivity index (χ4v) is 3.04. The lowest BCUT2D eigenvalue weighted by Gasteiger charge is -2.12. The lowest BCUT2D eigenvalue weighted by atomic mass is 10.00. The summed E-state index contributed by atoms with van der Waals surface area (Å²) in [4.78, 5) is 6.52. The molecular weight excluding hydrogens is 381 g/mol. The van der Waals surface area contributed by atoms with Gasteiger partial charge in [0.25, 0.3) is 0 Å². The minimum absolute atomic E-state index is 0.108. The summed E-state index contributed by atoms with van der Waals surface area (Å²) in [5, 5.41) is 0.551. The molecule has 0 fully saturated rings. The van der Waals surface area contributed by atoms with Gasteiger partial charge in [-0.05, 0) is 73.0 Å². The summed E-state index contributed by atoms with van der Waals surface area (Å²) in [6, 6.07) is 10.2. The molecule has 0 amide bonds. The Hall–Kier alpha value is -1.66. The molecule has 0 bridgehead atoms. The third-order valence-electron chi connectivity index (χ3n) is 3.85. The van der Waals surface area contributed by atoms with E-state index in [2.05, 4.69) is 4.99 Å². The Bertz CT molecular complexity index is 774. The molecule has 0 aliphatic rings. The first-order valence-electron chi connectivity index (χ1n) is 8.06. The Morgan fingerprint density at radius 1 is 1.19 bits per heavy atom. The van der Waals surface area contributed by atoms with Gasteiger partial charge in [0.1, 0.15) is 0 Å². The normalized spacial score (nSPS) is 12.0. The molecule has 0 aliphatic heterocycles. The van der Waals surface area contributed by atoms with Gasteiger partial charge >= 0.3 is 5.51 Å². The van der Waals surface area contributed by atoms with Gasteiger partial charge in [-0.25, -0.2) is 4.99 Å². The van der Waals surface area contributed by atoms with E-state index in [0.29, 0.717) is 17.1 Å². The summed E-state index contributed by atoms with van der Waals surface area (Å²) >= 11 is 6.22. The molecule has 0 heterocycles. The van der Waals surface area contributed by atoms with Crippen molar-refractivity contribution < 1.29 is 13.2 Å². The second-order valence-electron chi connectivity index (χ2n) is 5.92. The number of thioether (sulfide) groups is 1. The lowest BCUT2D eigenvalue weighted by Crippen LogP contribution is -2.14. The molecule has 0 spiro atoms. The number of halogens is 4. The van der Waals surface area contributed by atoms with Crippen molar-refractivity contribution >= 4 is 35.4 Å². The molecule has 0 saturated heterocycles. The zero-order chi connectivity index (χ0) is 19.3. The van der Waals surface area contributed by atoms with E-state index in [-0.39, 0.29) is 16.7 Å². The molecule has 140 valence electrons. The number of aryl methyl sites for hydroxylation is 1. The van der Waals surface area contributed by atoms with E-state index in [1.807, 2.05) is 37.9 Å². The van der Waals surface area contributed by atoms with E-state index in [9.17, 15) is 13.2 Å². The molecule has 2 rings (SSSR count). The summed E-state index contributed by atoms with van der Waals surface area (Å²) in [7, 11) is 1.93. The SMILES string of the molecule is CCN(C)C=Nc1cc(C)c(Cc2ccc(SC(F)(F)F)cc2)cc1Cl. The van der Waals surface area contributed by atoms with Crippen LogP contribution in [0.2, 0.25) is 5.02 Å². The lowest BCUT2D eigenvalue weighted by molar-refractivity contribution is -0.0328. The molecule has 0 atom stereocenters. The van der Waals surface area contributed by atoms with Gasteiger partial charge in [0.15, 0.2) is 0 Å². The van der Waals surface area contributed by atoms with Gasteiger partial charge in [-0.15, -0.1) is 0 Å². The average molecular weight is 401 g/mol. The van der Waals surface area contributed by atoms with Crippen LogP contribution in [0, 0.1) is 6.92 Å². The first-order valence-corrected chi connectivity index (χ1v) is 9.25. The number of alkyl halides is 3. The number of nitrogens with zero attached hydrogens (tertiary/aromatic N) is 2. The molecule has 2 aromatic carbocycles. The Kier molecular flexibility index (Phi) is 7.01. The predicted molar refractivity (Wildman–Crippen MR) is 104 cm³/mol. The molecular formula is C19H20ClF3N2S. The molecule has 26 heavy (non-hydrogen) atoms. The number of aliphatic imine (C=N–C) groups is 1. The minimum Gasteiger partial charge on any atom is -0.366 e. The molecule has 0 aromatic heterocycles. The van der Waals surface area contributed by atoms with E-state index in [1.54, 1.807) is 18.5 Å². The Balaban J connectivity index is 2.14. The summed E-state index contributed by atoms with van der Waals surface area (Å²) < 4.78 is 37.2. The smallest absolute Gasteiger partial charge is 0.366 e. The molecule has 2 nitrogen and oxygen atoms in total. The topological polar surface area (TPSA) is 15.6 Å². The molecule has 7 heteroatoms. The maximum absolute atomic E-state index is 12.4. The third kappa shape index (κ3) is 6.25. The highest BCUT2D eigenvalue weighted by molar-refractivity contribution is 8.00. The van der Waals surface area contributed by atoms with Crippen LogP contribution in [0.5, 0.6) is 0 Å². The number of rotatable bonds is 6. The van der Waals surface area contributed by atoms with Crippen LogP contribution in [0.1, 0.15) is 23.6 Å². The second kappa shape index (κ2) is 8.82. The van der Waals surface area contributed by atoms with E-state index in [1.165, 1.54) is 12.1 Å². The highest BCUT2D eigenvalue weighted by atomic mass is 35.5. The fourth-order valence-electron chi connectivity index (χ4n) is 2.27. The van der Waals surface area contributed by atoms with Gasteiger partial charge in [0, 0.05) is 18.5 Å². The largest absolute Gasteiger partial charge is 0.446 e. The Morgan fingerprint density at radius 2 is 1.85 bits per heavy atom. The van der Waals surface area contributed by atoms with Crippen molar-refractivity contribution in [3.8, 4) is 0 Å². The number of hydrogen-bond donors (Lipinski definition) is 0. The van der Waals surface area contributed by atoms with Crippen LogP contribution in [-0.4, -0.2) is 30.3 Å². The predicted octanol–water partition coefficient (Wildman–Crippen LogP) is 6.46. The molecule has 0 radical (unpaired) electrons. The average Bonchev–Trinajstić information content (AvgIpc) is 2.56.